The van der Waals surface area contributed by atoms with Gasteiger partial charge >= 0.3 is 91.8 Å². The minimum absolute atomic E-state index is 0.523. The van der Waals surface area contributed by atoms with Gasteiger partial charge in [-0.2, -0.15) is 0 Å². The standard InChI is InChI=1S/C12H16OSe/c1-10(12-8-5-9-13-12)14-11-6-3-2-4-7-11/h2-4,6-7,10,12H,5,8-9H2,1H3/t10-,12+/m0/s1. The van der Waals surface area contributed by atoms with Crippen LogP contribution in [0.5, 0.6) is 0 Å². The molecule has 0 aromatic heterocycles. The van der Waals surface area contributed by atoms with Gasteiger partial charge in [0.05, 0.1) is 0 Å². The van der Waals surface area contributed by atoms with Crippen LogP contribution >= 0.6 is 0 Å². The van der Waals surface area contributed by atoms with E-state index in [-0.39, 0.29) is 0 Å². The predicted octanol–water partition coefficient (Wildman–Crippen LogP) is 2.00. The molecule has 0 aliphatic carbocycles. The molecule has 76 valence electrons. The van der Waals surface area contributed by atoms with E-state index in [2.05, 4.69) is 37.3 Å². The molecule has 2 heteroatoms. The van der Waals surface area contributed by atoms with Crippen molar-refractivity contribution in [1.29, 1.82) is 0 Å². The molecule has 2 atom stereocenters. The van der Waals surface area contributed by atoms with Gasteiger partial charge in [-0.05, 0) is 0 Å². The van der Waals surface area contributed by atoms with Gasteiger partial charge < -0.3 is 0 Å². The number of benzene rings is 1. The maximum absolute atomic E-state index is 5.70. The summed E-state index contributed by atoms with van der Waals surface area (Å²) in [6.45, 7) is 3.29. The molecule has 0 spiro atoms. The second-order valence-corrected chi connectivity index (χ2v) is 6.73. The van der Waals surface area contributed by atoms with Crippen molar-refractivity contribution >= 4 is 19.4 Å². The van der Waals surface area contributed by atoms with Crippen LogP contribution in [0.3, 0.4) is 0 Å². The van der Waals surface area contributed by atoms with Crippen molar-refractivity contribution in [1.82, 2.24) is 0 Å². The third-order valence-electron chi connectivity index (χ3n) is 2.55. The van der Waals surface area contributed by atoms with E-state index in [1.54, 1.807) is 0 Å². The van der Waals surface area contributed by atoms with E-state index in [1.165, 1.54) is 17.3 Å². The van der Waals surface area contributed by atoms with Crippen LogP contribution in [0.25, 0.3) is 0 Å². The average molecular weight is 255 g/mol. The Bertz CT molecular complexity index is 267. The van der Waals surface area contributed by atoms with Gasteiger partial charge in [0.1, 0.15) is 0 Å². The van der Waals surface area contributed by atoms with Crippen molar-refractivity contribution in [2.45, 2.75) is 30.7 Å². The van der Waals surface area contributed by atoms with Gasteiger partial charge in [0.15, 0.2) is 0 Å². The van der Waals surface area contributed by atoms with Crippen LogP contribution in [0.1, 0.15) is 19.8 Å². The summed E-state index contributed by atoms with van der Waals surface area (Å²) in [7, 11) is 0. The molecule has 1 aromatic carbocycles. The Hall–Kier alpha value is -0.301. The van der Waals surface area contributed by atoms with Crippen LogP contribution in [0, 0.1) is 0 Å². The van der Waals surface area contributed by atoms with Crippen LogP contribution in [0.4, 0.5) is 0 Å². The third kappa shape index (κ3) is 2.60. The first kappa shape index (κ1) is 10.2. The maximum atomic E-state index is 5.70. The monoisotopic (exact) mass is 256 g/mol. The van der Waals surface area contributed by atoms with Gasteiger partial charge in [0.2, 0.25) is 0 Å². The average Bonchev–Trinajstić information content (AvgIpc) is 2.72. The van der Waals surface area contributed by atoms with E-state index in [0.29, 0.717) is 25.9 Å². The summed E-state index contributed by atoms with van der Waals surface area (Å²) >= 11 is 0.566. The zero-order valence-electron chi connectivity index (χ0n) is 8.48. The number of ether oxygens (including phenoxy) is 1. The molecule has 1 saturated heterocycles. The van der Waals surface area contributed by atoms with Gasteiger partial charge in [-0.15, -0.1) is 0 Å². The molecular formula is C12H16OSe. The molecule has 0 unspecified atom stereocenters. The molecule has 0 radical (unpaired) electrons. The van der Waals surface area contributed by atoms with E-state index in [0.717, 1.165) is 6.61 Å². The van der Waals surface area contributed by atoms with Gasteiger partial charge in [-0.3, -0.25) is 0 Å². The van der Waals surface area contributed by atoms with Crippen molar-refractivity contribution < 1.29 is 4.74 Å². The molecule has 1 fully saturated rings. The Morgan fingerprint density at radius 1 is 1.36 bits per heavy atom. The number of rotatable bonds is 3. The fourth-order valence-electron chi connectivity index (χ4n) is 1.76. The molecule has 1 aliphatic heterocycles. The molecule has 1 heterocycles. The zero-order valence-corrected chi connectivity index (χ0v) is 10.2. The summed E-state index contributed by atoms with van der Waals surface area (Å²) in [6.07, 6.45) is 3.03. The Morgan fingerprint density at radius 3 is 2.79 bits per heavy atom. The Kier molecular flexibility index (Phi) is 3.63. The van der Waals surface area contributed by atoms with E-state index in [4.69, 9.17) is 4.74 Å². The van der Waals surface area contributed by atoms with Crippen LogP contribution < -0.4 is 4.46 Å². The zero-order chi connectivity index (χ0) is 9.80. The van der Waals surface area contributed by atoms with E-state index >= 15 is 0 Å². The Labute approximate surface area is 92.0 Å². The Morgan fingerprint density at radius 2 is 2.14 bits per heavy atom. The first-order chi connectivity index (χ1) is 6.86. The van der Waals surface area contributed by atoms with Gasteiger partial charge in [-0.1, -0.05) is 0 Å². The summed E-state index contributed by atoms with van der Waals surface area (Å²) in [6, 6.07) is 10.8. The van der Waals surface area contributed by atoms with Crippen LogP contribution in [0.2, 0.25) is 4.82 Å². The number of hydrogen-bond acceptors (Lipinski definition) is 1. The molecule has 1 aromatic rings. The summed E-state index contributed by atoms with van der Waals surface area (Å²) in [4.78, 5) is 0.715. The summed E-state index contributed by atoms with van der Waals surface area (Å²) < 4.78 is 7.19. The summed E-state index contributed by atoms with van der Waals surface area (Å²) in [5, 5.41) is 0. The molecule has 0 saturated carbocycles. The molecule has 1 nitrogen and oxygen atoms in total. The quantitative estimate of drug-likeness (QED) is 0.751. The SMILES string of the molecule is C[C@H]([Se]c1ccccc1)[C@H]1CCCO1. The molecule has 14 heavy (non-hydrogen) atoms. The molecule has 1 aliphatic rings. The fourth-order valence-corrected chi connectivity index (χ4v) is 4.09. The van der Waals surface area contributed by atoms with Crippen molar-refractivity contribution in [3.8, 4) is 0 Å². The molecule has 0 N–H and O–H groups in total. The third-order valence-corrected chi connectivity index (χ3v) is 5.11. The van der Waals surface area contributed by atoms with Gasteiger partial charge in [0.25, 0.3) is 0 Å². The fraction of sp³-hybridized carbons (Fsp3) is 0.500. The first-order valence-electron chi connectivity index (χ1n) is 5.19. The van der Waals surface area contributed by atoms with Crippen molar-refractivity contribution in [3.05, 3.63) is 30.3 Å². The minimum atomic E-state index is 0.523. The van der Waals surface area contributed by atoms with Crippen LogP contribution in [-0.2, 0) is 4.74 Å². The molecular weight excluding hydrogens is 239 g/mol. The second kappa shape index (κ2) is 4.97. The van der Waals surface area contributed by atoms with Gasteiger partial charge in [0, 0.05) is 0 Å². The normalized spacial score (nSPS) is 23.6. The van der Waals surface area contributed by atoms with Gasteiger partial charge in [-0.25, -0.2) is 0 Å². The predicted molar refractivity (Wildman–Crippen MR) is 60.2 cm³/mol. The van der Waals surface area contributed by atoms with Crippen molar-refractivity contribution in [2.24, 2.45) is 0 Å². The Balaban J connectivity index is 1.90. The topological polar surface area (TPSA) is 9.23 Å². The van der Waals surface area contributed by atoms with E-state index in [1.807, 2.05) is 0 Å². The number of hydrogen-bond donors (Lipinski definition) is 0. The van der Waals surface area contributed by atoms with Crippen molar-refractivity contribution in [3.63, 3.8) is 0 Å². The van der Waals surface area contributed by atoms with Crippen molar-refractivity contribution in [2.75, 3.05) is 6.61 Å². The molecule has 0 bridgehead atoms. The summed E-state index contributed by atoms with van der Waals surface area (Å²) in [5.41, 5.74) is 0. The van der Waals surface area contributed by atoms with Crippen LogP contribution in [0.15, 0.2) is 30.3 Å². The van der Waals surface area contributed by atoms with Crippen LogP contribution in [-0.4, -0.2) is 27.7 Å². The molecule has 0 amide bonds. The first-order valence-corrected chi connectivity index (χ1v) is 7.04. The second-order valence-electron chi connectivity index (χ2n) is 3.69. The van der Waals surface area contributed by atoms with E-state index in [9.17, 15) is 0 Å². The molecule has 2 rings (SSSR count). The van der Waals surface area contributed by atoms with E-state index < -0.39 is 0 Å². The summed E-state index contributed by atoms with van der Waals surface area (Å²) in [5.74, 6) is 0.